The van der Waals surface area contributed by atoms with E-state index in [0.29, 0.717) is 21.6 Å². The highest BCUT2D eigenvalue weighted by Crippen LogP contribution is 2.32. The molecule has 0 aromatic heterocycles. The normalized spacial score (nSPS) is 10.4. The molecule has 0 fully saturated rings. The average molecular weight is 396 g/mol. The second kappa shape index (κ2) is 6.90. The van der Waals surface area contributed by atoms with Gasteiger partial charge in [-0.15, -0.1) is 0 Å². The van der Waals surface area contributed by atoms with Crippen LogP contribution in [0.2, 0.25) is 15.1 Å². The van der Waals surface area contributed by atoms with Crippen LogP contribution in [0.15, 0.2) is 34.8 Å². The van der Waals surface area contributed by atoms with E-state index in [1.54, 1.807) is 19.2 Å². The van der Waals surface area contributed by atoms with E-state index in [1.165, 1.54) is 0 Å². The van der Waals surface area contributed by atoms with Crippen molar-refractivity contribution in [1.29, 1.82) is 0 Å². The van der Waals surface area contributed by atoms with Gasteiger partial charge in [0.25, 0.3) is 0 Å². The summed E-state index contributed by atoms with van der Waals surface area (Å²) in [5.41, 5.74) is 1.66. The Morgan fingerprint density at radius 3 is 2.50 bits per heavy atom. The van der Waals surface area contributed by atoms with Crippen molar-refractivity contribution in [2.45, 2.75) is 6.54 Å². The van der Waals surface area contributed by atoms with Gasteiger partial charge < -0.3 is 10.1 Å². The van der Waals surface area contributed by atoms with Gasteiger partial charge >= 0.3 is 0 Å². The molecule has 2 aromatic rings. The third-order valence-electron chi connectivity index (χ3n) is 2.72. The van der Waals surface area contributed by atoms with E-state index < -0.39 is 0 Å². The summed E-state index contributed by atoms with van der Waals surface area (Å²) in [5.74, 6) is 0.755. The van der Waals surface area contributed by atoms with Crippen LogP contribution in [-0.4, -0.2) is 7.11 Å². The lowest BCUT2D eigenvalue weighted by Gasteiger charge is -2.12. The third kappa shape index (κ3) is 3.73. The number of hydrogen-bond acceptors (Lipinski definition) is 2. The van der Waals surface area contributed by atoms with Crippen molar-refractivity contribution in [1.82, 2.24) is 0 Å². The highest BCUT2D eigenvalue weighted by atomic mass is 79.9. The quantitative estimate of drug-likeness (QED) is 0.638. The van der Waals surface area contributed by atoms with Crippen molar-refractivity contribution in [3.63, 3.8) is 0 Å². The van der Waals surface area contributed by atoms with Crippen LogP contribution in [-0.2, 0) is 6.54 Å². The number of halogens is 4. The molecule has 0 atom stereocenters. The summed E-state index contributed by atoms with van der Waals surface area (Å²) in [4.78, 5) is 0. The summed E-state index contributed by atoms with van der Waals surface area (Å²) in [7, 11) is 1.62. The topological polar surface area (TPSA) is 21.3 Å². The molecule has 0 aliphatic heterocycles. The maximum Gasteiger partial charge on any atom is 0.122 e. The molecule has 0 unspecified atom stereocenters. The second-order valence-corrected chi connectivity index (χ2v) is 6.16. The molecule has 1 N–H and O–H groups in total. The van der Waals surface area contributed by atoms with E-state index in [-0.39, 0.29) is 0 Å². The zero-order chi connectivity index (χ0) is 14.7. The Balaban J connectivity index is 2.21. The molecule has 6 heteroatoms. The van der Waals surface area contributed by atoms with Gasteiger partial charge in [-0.25, -0.2) is 0 Å². The highest BCUT2D eigenvalue weighted by molar-refractivity contribution is 9.10. The second-order valence-electron chi connectivity index (χ2n) is 4.06. The SMILES string of the molecule is COc1cc(Br)cc(NCc2c(Cl)ccc(Cl)c2Cl)c1. The Labute approximate surface area is 141 Å². The summed E-state index contributed by atoms with van der Waals surface area (Å²) in [6.45, 7) is 0.470. The van der Waals surface area contributed by atoms with Gasteiger partial charge in [0.15, 0.2) is 0 Å². The Kier molecular flexibility index (Phi) is 5.44. The van der Waals surface area contributed by atoms with Gasteiger partial charge in [0.1, 0.15) is 5.75 Å². The summed E-state index contributed by atoms with van der Waals surface area (Å²) in [5, 5.41) is 4.78. The first-order chi connectivity index (χ1) is 9.51. The fraction of sp³-hybridized carbons (Fsp3) is 0.143. The number of benzene rings is 2. The van der Waals surface area contributed by atoms with E-state index in [9.17, 15) is 0 Å². The van der Waals surface area contributed by atoms with Gasteiger partial charge in [-0.05, 0) is 24.3 Å². The summed E-state index contributed by atoms with van der Waals surface area (Å²) in [6, 6.07) is 9.11. The van der Waals surface area contributed by atoms with E-state index in [4.69, 9.17) is 39.5 Å². The monoisotopic (exact) mass is 393 g/mol. The van der Waals surface area contributed by atoms with Gasteiger partial charge in [-0.3, -0.25) is 0 Å². The lowest BCUT2D eigenvalue weighted by molar-refractivity contribution is 0.414. The maximum atomic E-state index is 6.16. The van der Waals surface area contributed by atoms with Crippen molar-refractivity contribution in [2.75, 3.05) is 12.4 Å². The molecule has 0 spiro atoms. The molecule has 0 bridgehead atoms. The van der Waals surface area contributed by atoms with Gasteiger partial charge in [-0.2, -0.15) is 0 Å². The summed E-state index contributed by atoms with van der Waals surface area (Å²) < 4.78 is 6.13. The first kappa shape index (κ1) is 15.8. The van der Waals surface area contributed by atoms with Crippen LogP contribution in [0.4, 0.5) is 5.69 Å². The lowest BCUT2D eigenvalue weighted by atomic mass is 10.2. The molecule has 2 nitrogen and oxygen atoms in total. The smallest absolute Gasteiger partial charge is 0.122 e. The maximum absolute atomic E-state index is 6.16. The first-order valence-electron chi connectivity index (χ1n) is 5.72. The molecule has 0 heterocycles. The van der Waals surface area contributed by atoms with Crippen molar-refractivity contribution in [2.24, 2.45) is 0 Å². The van der Waals surface area contributed by atoms with Crippen molar-refractivity contribution in [3.05, 3.63) is 55.4 Å². The van der Waals surface area contributed by atoms with E-state index in [2.05, 4.69) is 21.2 Å². The Morgan fingerprint density at radius 1 is 1.10 bits per heavy atom. The molecule has 0 aliphatic rings. The molecule has 2 aromatic carbocycles. The van der Waals surface area contributed by atoms with E-state index in [0.717, 1.165) is 21.5 Å². The molecule has 0 radical (unpaired) electrons. The fourth-order valence-corrected chi connectivity index (χ4v) is 2.86. The number of ether oxygens (including phenoxy) is 1. The van der Waals surface area contributed by atoms with Gasteiger partial charge in [0.05, 0.1) is 17.2 Å². The zero-order valence-electron chi connectivity index (χ0n) is 10.5. The van der Waals surface area contributed by atoms with Crippen LogP contribution in [0.25, 0.3) is 0 Å². The predicted octanol–water partition coefficient (Wildman–Crippen LogP) is 6.03. The Bertz CT molecular complexity index is 634. The number of nitrogens with one attached hydrogen (secondary N) is 1. The molecule has 106 valence electrons. The molecule has 2 rings (SSSR count). The molecule has 0 saturated carbocycles. The van der Waals surface area contributed by atoms with E-state index in [1.807, 2.05) is 18.2 Å². The largest absolute Gasteiger partial charge is 0.497 e. The Morgan fingerprint density at radius 2 is 1.80 bits per heavy atom. The minimum Gasteiger partial charge on any atom is -0.497 e. The van der Waals surface area contributed by atoms with Gasteiger partial charge in [0, 0.05) is 33.4 Å². The highest BCUT2D eigenvalue weighted by Gasteiger charge is 2.09. The average Bonchev–Trinajstić information content (AvgIpc) is 2.42. The van der Waals surface area contributed by atoms with Crippen molar-refractivity contribution in [3.8, 4) is 5.75 Å². The summed E-state index contributed by atoms with van der Waals surface area (Å²) >= 11 is 21.7. The molecule has 0 aliphatic carbocycles. The van der Waals surface area contributed by atoms with Crippen LogP contribution < -0.4 is 10.1 Å². The van der Waals surface area contributed by atoms with Crippen LogP contribution in [0.5, 0.6) is 5.75 Å². The third-order valence-corrected chi connectivity index (χ3v) is 4.37. The Hall–Kier alpha value is -0.610. The molecule has 20 heavy (non-hydrogen) atoms. The number of hydrogen-bond donors (Lipinski definition) is 1. The minimum atomic E-state index is 0.466. The minimum absolute atomic E-state index is 0.466. The van der Waals surface area contributed by atoms with Crippen LogP contribution in [0.1, 0.15) is 5.56 Å². The summed E-state index contributed by atoms with van der Waals surface area (Å²) in [6.07, 6.45) is 0. The molecular formula is C14H11BrCl3NO. The van der Waals surface area contributed by atoms with Crippen LogP contribution >= 0.6 is 50.7 Å². The van der Waals surface area contributed by atoms with Crippen molar-refractivity contribution >= 4 is 56.4 Å². The number of methoxy groups -OCH3 is 1. The standard InChI is InChI=1S/C14H11BrCl3NO/c1-20-10-5-8(15)4-9(6-10)19-7-11-12(16)2-3-13(17)14(11)18/h2-6,19H,7H2,1H3. The van der Waals surface area contributed by atoms with Crippen LogP contribution in [0.3, 0.4) is 0 Å². The lowest BCUT2D eigenvalue weighted by Crippen LogP contribution is -2.01. The van der Waals surface area contributed by atoms with E-state index >= 15 is 0 Å². The van der Waals surface area contributed by atoms with Gasteiger partial charge in [-0.1, -0.05) is 50.7 Å². The van der Waals surface area contributed by atoms with Crippen LogP contribution in [0, 0.1) is 0 Å². The predicted molar refractivity (Wildman–Crippen MR) is 89.5 cm³/mol. The first-order valence-corrected chi connectivity index (χ1v) is 7.65. The number of anilines is 1. The van der Waals surface area contributed by atoms with Gasteiger partial charge in [0.2, 0.25) is 0 Å². The molecule has 0 amide bonds. The zero-order valence-corrected chi connectivity index (χ0v) is 14.4. The number of rotatable bonds is 4. The fourth-order valence-electron chi connectivity index (χ4n) is 1.70. The molecular weight excluding hydrogens is 384 g/mol. The van der Waals surface area contributed by atoms with Crippen molar-refractivity contribution < 1.29 is 4.74 Å². The molecule has 0 saturated heterocycles.